The molecule has 0 bridgehead atoms. The van der Waals surface area contributed by atoms with E-state index in [1.807, 2.05) is 30.3 Å². The van der Waals surface area contributed by atoms with E-state index in [4.69, 9.17) is 5.73 Å². The van der Waals surface area contributed by atoms with Crippen LogP contribution in [0.3, 0.4) is 0 Å². The maximum absolute atomic E-state index is 14.1. The Kier molecular flexibility index (Phi) is 1.90. The summed E-state index contributed by atoms with van der Waals surface area (Å²) in [6.07, 6.45) is 3.54. The molecule has 0 fully saturated rings. The zero-order chi connectivity index (χ0) is 13.0. The van der Waals surface area contributed by atoms with Crippen molar-refractivity contribution in [3.8, 4) is 0 Å². The van der Waals surface area contributed by atoms with Crippen LogP contribution in [0.4, 0.5) is 16.1 Å². The minimum Gasteiger partial charge on any atom is -0.369 e. The Labute approximate surface area is 108 Å². The Bertz CT molecular complexity index is 834. The first-order valence-corrected chi connectivity index (χ1v) is 6.05. The van der Waals surface area contributed by atoms with E-state index in [0.29, 0.717) is 22.5 Å². The number of hydrogen-bond acceptors (Lipinski definition) is 3. The van der Waals surface area contributed by atoms with Crippen molar-refractivity contribution in [1.29, 1.82) is 0 Å². The van der Waals surface area contributed by atoms with Crippen LogP contribution in [0.15, 0.2) is 36.4 Å². The lowest BCUT2D eigenvalue weighted by Crippen LogP contribution is -2.18. The number of fused-ring (bicyclic) bond motifs is 5. The number of nitrogens with two attached hydrogens (primary N) is 1. The predicted molar refractivity (Wildman–Crippen MR) is 74.6 cm³/mol. The summed E-state index contributed by atoms with van der Waals surface area (Å²) in [7, 11) is 0. The van der Waals surface area contributed by atoms with Crippen molar-refractivity contribution in [3.05, 3.63) is 42.1 Å². The predicted octanol–water partition coefficient (Wildman–Crippen LogP) is 2.79. The van der Waals surface area contributed by atoms with Crippen molar-refractivity contribution in [1.82, 2.24) is 9.38 Å². The van der Waals surface area contributed by atoms with Crippen LogP contribution >= 0.6 is 0 Å². The van der Waals surface area contributed by atoms with E-state index in [-0.39, 0.29) is 6.54 Å². The number of para-hydroxylation sites is 1. The van der Waals surface area contributed by atoms with Crippen LogP contribution in [0.5, 0.6) is 0 Å². The lowest BCUT2D eigenvalue weighted by molar-refractivity contribution is 0.453. The van der Waals surface area contributed by atoms with Gasteiger partial charge >= 0.3 is 0 Å². The highest BCUT2D eigenvalue weighted by Crippen LogP contribution is 2.35. The van der Waals surface area contributed by atoms with Gasteiger partial charge in [0.05, 0.1) is 23.3 Å². The van der Waals surface area contributed by atoms with Crippen LogP contribution in [-0.2, 0) is 0 Å². The molecule has 0 aliphatic carbocycles. The standard InChI is InChI=1S/C14H11FN4/c15-18-7-3-5-10-13(18)12-8-9-4-1-2-6-11(9)19(12)14(16)17-10/h1-6,8H,7H2,(H2,16,17). The molecular weight excluding hydrogens is 243 g/mol. The van der Waals surface area contributed by atoms with Crippen LogP contribution in [0, 0.1) is 0 Å². The van der Waals surface area contributed by atoms with Crippen LogP contribution < -0.4 is 10.9 Å². The number of halogens is 1. The molecule has 94 valence electrons. The smallest absolute Gasteiger partial charge is 0.205 e. The lowest BCUT2D eigenvalue weighted by Gasteiger charge is -2.20. The zero-order valence-electron chi connectivity index (χ0n) is 10.0. The Balaban J connectivity index is 2.25. The summed E-state index contributed by atoms with van der Waals surface area (Å²) in [5.74, 6) is 0.370. The fourth-order valence-electron chi connectivity index (χ4n) is 2.65. The Morgan fingerprint density at radius 1 is 1.21 bits per heavy atom. The highest BCUT2D eigenvalue weighted by atomic mass is 19.2. The first-order chi connectivity index (χ1) is 9.25. The summed E-state index contributed by atoms with van der Waals surface area (Å²) in [6, 6.07) is 9.76. The van der Waals surface area contributed by atoms with Gasteiger partial charge in [0.2, 0.25) is 5.95 Å². The van der Waals surface area contributed by atoms with Crippen LogP contribution in [0.25, 0.3) is 22.5 Å². The molecule has 4 rings (SSSR count). The minimum atomic E-state index is 0.232. The Morgan fingerprint density at radius 3 is 2.95 bits per heavy atom. The van der Waals surface area contributed by atoms with Crippen molar-refractivity contribution in [2.45, 2.75) is 0 Å². The third-order valence-corrected chi connectivity index (χ3v) is 3.44. The van der Waals surface area contributed by atoms with Crippen molar-refractivity contribution in [2.75, 3.05) is 17.4 Å². The van der Waals surface area contributed by atoms with E-state index in [1.165, 1.54) is 0 Å². The topological polar surface area (TPSA) is 46.6 Å². The molecule has 19 heavy (non-hydrogen) atoms. The van der Waals surface area contributed by atoms with Gasteiger partial charge in [0.25, 0.3) is 0 Å². The average Bonchev–Trinajstić information content (AvgIpc) is 2.78. The molecule has 0 unspecified atom stereocenters. The average molecular weight is 254 g/mol. The van der Waals surface area contributed by atoms with E-state index in [9.17, 15) is 4.48 Å². The third-order valence-electron chi connectivity index (χ3n) is 3.44. The molecule has 0 atom stereocenters. The molecule has 2 N–H and O–H groups in total. The Hall–Kier alpha value is -2.56. The number of benzene rings is 1. The molecule has 0 saturated carbocycles. The molecule has 0 spiro atoms. The van der Waals surface area contributed by atoms with Gasteiger partial charge in [-0.3, -0.25) is 4.40 Å². The van der Waals surface area contributed by atoms with E-state index < -0.39 is 0 Å². The number of aromatic nitrogens is 2. The summed E-state index contributed by atoms with van der Waals surface area (Å²) in [6.45, 7) is 0.232. The molecule has 3 heterocycles. The molecule has 1 aliphatic heterocycles. The van der Waals surface area contributed by atoms with Crippen LogP contribution in [-0.4, -0.2) is 15.9 Å². The second-order valence-corrected chi connectivity index (χ2v) is 4.57. The Morgan fingerprint density at radius 2 is 2.05 bits per heavy atom. The molecule has 0 radical (unpaired) electrons. The van der Waals surface area contributed by atoms with E-state index in [2.05, 4.69) is 4.98 Å². The van der Waals surface area contributed by atoms with Crippen molar-refractivity contribution in [2.24, 2.45) is 0 Å². The molecule has 0 amide bonds. The third kappa shape index (κ3) is 1.29. The number of hydrogen-bond donors (Lipinski definition) is 1. The monoisotopic (exact) mass is 254 g/mol. The molecule has 4 nitrogen and oxygen atoms in total. The van der Waals surface area contributed by atoms with Gasteiger partial charge < -0.3 is 5.73 Å². The largest absolute Gasteiger partial charge is 0.369 e. The van der Waals surface area contributed by atoms with Gasteiger partial charge in [0.1, 0.15) is 5.69 Å². The van der Waals surface area contributed by atoms with Crippen molar-refractivity contribution < 1.29 is 4.48 Å². The minimum absolute atomic E-state index is 0.232. The van der Waals surface area contributed by atoms with Gasteiger partial charge in [0, 0.05) is 5.39 Å². The van der Waals surface area contributed by atoms with Gasteiger partial charge in [-0.15, -0.1) is 0 Å². The fourth-order valence-corrected chi connectivity index (χ4v) is 2.65. The van der Waals surface area contributed by atoms with Gasteiger partial charge in [0.15, 0.2) is 0 Å². The quantitative estimate of drug-likeness (QED) is 0.627. The van der Waals surface area contributed by atoms with Crippen LogP contribution in [0.2, 0.25) is 0 Å². The number of anilines is 2. The fraction of sp³-hybridized carbons (Fsp3) is 0.0714. The van der Waals surface area contributed by atoms with Gasteiger partial charge in [-0.2, -0.15) is 0 Å². The second kappa shape index (κ2) is 3.47. The van der Waals surface area contributed by atoms with E-state index in [0.717, 1.165) is 16.4 Å². The molecule has 1 aliphatic rings. The molecule has 0 saturated heterocycles. The maximum Gasteiger partial charge on any atom is 0.205 e. The molecule has 2 aromatic heterocycles. The SMILES string of the molecule is Nc1nc2c(c3cc4ccccc4n13)N(F)CC=C2. The normalized spacial score (nSPS) is 14.3. The lowest BCUT2D eigenvalue weighted by atomic mass is 10.2. The maximum atomic E-state index is 14.1. The summed E-state index contributed by atoms with van der Waals surface area (Å²) < 4.78 is 15.8. The molecule has 5 heteroatoms. The number of nitrogens with zero attached hydrogens (tertiary/aromatic N) is 3. The molecule has 1 aromatic carbocycles. The zero-order valence-corrected chi connectivity index (χ0v) is 10.0. The first-order valence-electron chi connectivity index (χ1n) is 6.05. The number of nitrogen functional groups attached to an aromatic ring is 1. The van der Waals surface area contributed by atoms with Crippen LogP contribution in [0.1, 0.15) is 5.69 Å². The van der Waals surface area contributed by atoms with E-state index >= 15 is 0 Å². The van der Waals surface area contributed by atoms with Crippen molar-refractivity contribution in [3.63, 3.8) is 0 Å². The highest BCUT2D eigenvalue weighted by molar-refractivity contribution is 5.95. The van der Waals surface area contributed by atoms with Gasteiger partial charge in [-0.25, -0.2) is 10.1 Å². The molecular formula is C14H11FN4. The summed E-state index contributed by atoms with van der Waals surface area (Å²) in [5, 5.41) is 1.73. The first kappa shape index (κ1) is 10.4. The summed E-state index contributed by atoms with van der Waals surface area (Å²) >= 11 is 0. The van der Waals surface area contributed by atoms with Gasteiger partial charge in [-0.05, 0) is 18.2 Å². The summed E-state index contributed by atoms with van der Waals surface area (Å²) in [4.78, 5) is 4.29. The van der Waals surface area contributed by atoms with Crippen molar-refractivity contribution >= 4 is 34.1 Å². The summed E-state index contributed by atoms with van der Waals surface area (Å²) in [5.41, 5.74) is 8.75. The highest BCUT2D eigenvalue weighted by Gasteiger charge is 2.21. The van der Waals surface area contributed by atoms with Gasteiger partial charge in [-0.1, -0.05) is 28.8 Å². The molecule has 3 aromatic rings. The number of rotatable bonds is 0. The second-order valence-electron chi connectivity index (χ2n) is 4.57. The van der Waals surface area contributed by atoms with E-state index in [1.54, 1.807) is 16.6 Å².